The van der Waals surface area contributed by atoms with E-state index in [2.05, 4.69) is 69.2 Å². The molecule has 1 atom stereocenters. The lowest BCUT2D eigenvalue weighted by Crippen LogP contribution is -2.59. The molecule has 0 aliphatic heterocycles. The number of rotatable bonds is 42. The molecule has 0 rings (SSSR count). The summed E-state index contributed by atoms with van der Waals surface area (Å²) in [5.41, 5.74) is -2.18. The molecule has 0 spiro atoms. The fourth-order valence-corrected chi connectivity index (χ4v) is 20.8. The average Bonchev–Trinajstić information content (AvgIpc) is 3.24. The minimum atomic E-state index is -5.15. The molecular formula is C52H108O7P2S. The van der Waals surface area contributed by atoms with Gasteiger partial charge in [-0.2, -0.15) is 8.42 Å². The molecule has 0 saturated carbocycles. The maximum Gasteiger partial charge on any atom is 0.274 e. The molecule has 0 radical (unpaired) electrons. The lowest BCUT2D eigenvalue weighted by Gasteiger charge is -2.40. The molecule has 0 fully saturated rings. The van der Waals surface area contributed by atoms with Crippen LogP contribution in [0.25, 0.3) is 0 Å². The third-order valence-corrected chi connectivity index (χ3v) is 24.6. The van der Waals surface area contributed by atoms with Crippen molar-refractivity contribution in [3.05, 3.63) is 0 Å². The van der Waals surface area contributed by atoms with Crippen LogP contribution in [-0.4, -0.2) is 79.5 Å². The first-order valence-corrected chi connectivity index (χ1v) is 33.3. The Morgan fingerprint density at radius 2 is 0.613 bits per heavy atom. The number of carboxylic acids is 2. The van der Waals surface area contributed by atoms with Crippen molar-refractivity contribution >= 4 is 36.6 Å². The highest BCUT2D eigenvalue weighted by Gasteiger charge is 2.47. The molecule has 0 saturated heterocycles. The third kappa shape index (κ3) is 32.4. The molecule has 1 unspecified atom stereocenters. The number of carboxylic acid groups (broad SMARTS) is 2. The number of carbonyl (C=O) groups excluding carboxylic acids is 2. The monoisotopic (exact) mass is 939 g/mol. The van der Waals surface area contributed by atoms with Crippen LogP contribution in [0.4, 0.5) is 0 Å². The first-order chi connectivity index (χ1) is 29.6. The van der Waals surface area contributed by atoms with E-state index in [0.717, 1.165) is 51.4 Å². The van der Waals surface area contributed by atoms with Gasteiger partial charge in [0, 0.05) is 25.9 Å². The van der Waals surface area contributed by atoms with Gasteiger partial charge in [0.1, 0.15) is 5.25 Å². The summed E-state index contributed by atoms with van der Waals surface area (Å²) < 4.78 is 32.9. The molecule has 0 heterocycles. The van der Waals surface area contributed by atoms with Gasteiger partial charge in [-0.05, 0) is 64.2 Å². The van der Waals surface area contributed by atoms with Crippen molar-refractivity contribution in [1.29, 1.82) is 0 Å². The van der Waals surface area contributed by atoms with Crippen molar-refractivity contribution in [3.63, 3.8) is 0 Å². The topological polar surface area (TPSA) is 135 Å². The summed E-state index contributed by atoms with van der Waals surface area (Å²) in [4.78, 5) is 23.5. The van der Waals surface area contributed by atoms with Gasteiger partial charge in [-0.15, -0.1) is 0 Å². The van der Waals surface area contributed by atoms with Gasteiger partial charge in [0.2, 0.25) is 0 Å². The predicted molar refractivity (Wildman–Crippen MR) is 276 cm³/mol. The molecule has 10 heteroatoms. The maximum absolute atomic E-state index is 12.0. The smallest absolute Gasteiger partial charge is 0.274 e. The predicted octanol–water partition coefficient (Wildman–Crippen LogP) is 14.6. The van der Waals surface area contributed by atoms with Gasteiger partial charge in [0.15, 0.2) is 0 Å². The van der Waals surface area contributed by atoms with E-state index >= 15 is 0 Å². The van der Waals surface area contributed by atoms with Crippen LogP contribution < -0.4 is 10.2 Å². The van der Waals surface area contributed by atoms with E-state index in [1.165, 1.54) is 103 Å². The molecule has 1 N–H and O–H groups in total. The Hall–Kier alpha value is -0.290. The van der Waals surface area contributed by atoms with E-state index in [0.29, 0.717) is 25.7 Å². The van der Waals surface area contributed by atoms with E-state index in [1.54, 1.807) is 49.3 Å². The molecule has 0 bridgehead atoms. The van der Waals surface area contributed by atoms with Crippen LogP contribution in [0.2, 0.25) is 0 Å². The van der Waals surface area contributed by atoms with Crippen LogP contribution in [-0.2, 0) is 19.7 Å². The molecule has 62 heavy (non-hydrogen) atoms. The fourth-order valence-electron chi connectivity index (χ4n) is 9.06. The van der Waals surface area contributed by atoms with Gasteiger partial charge in [0.25, 0.3) is 10.1 Å². The summed E-state index contributed by atoms with van der Waals surface area (Å²) >= 11 is 0. The molecule has 0 aromatic carbocycles. The second-order valence-electron chi connectivity index (χ2n) is 19.0. The van der Waals surface area contributed by atoms with Crippen molar-refractivity contribution < 1.29 is 32.8 Å². The van der Waals surface area contributed by atoms with Gasteiger partial charge in [-0.25, -0.2) is 0 Å². The SMILES string of the molecule is CCCCCCCCC(CCCCCCCC)(C(=O)[O-])C(C(=O)[O-])S(=O)(=O)O.CCCC[P+](CCCC)(CCCC)CCCC.CCCC[P+](CCCC)(CCCC)CCCC. The van der Waals surface area contributed by atoms with Crippen molar-refractivity contribution in [2.45, 2.75) is 267 Å². The van der Waals surface area contributed by atoms with Gasteiger partial charge < -0.3 is 19.8 Å². The Balaban J connectivity index is -0.000000888. The second kappa shape index (κ2) is 43.3. The molecule has 374 valence electrons. The normalized spacial score (nSPS) is 12.6. The van der Waals surface area contributed by atoms with E-state index in [-0.39, 0.29) is 12.8 Å². The summed E-state index contributed by atoms with van der Waals surface area (Å²) in [7, 11) is -6.28. The summed E-state index contributed by atoms with van der Waals surface area (Å²) in [6, 6.07) is 0. The molecule has 0 aromatic rings. The molecule has 0 aromatic heterocycles. The molecule has 0 aliphatic carbocycles. The third-order valence-electron chi connectivity index (χ3n) is 13.3. The Labute approximate surface area is 389 Å². The lowest BCUT2D eigenvalue weighted by molar-refractivity contribution is -0.328. The van der Waals surface area contributed by atoms with Crippen molar-refractivity contribution in [2.24, 2.45) is 5.41 Å². The van der Waals surface area contributed by atoms with Gasteiger partial charge in [-0.3, -0.25) is 4.55 Å². The van der Waals surface area contributed by atoms with Crippen LogP contribution in [0.3, 0.4) is 0 Å². The number of carbonyl (C=O) groups is 2. The Kier molecular flexibility index (Phi) is 46.1. The summed E-state index contributed by atoms with van der Waals surface area (Å²) in [5.74, 6) is -3.84. The number of unbranched alkanes of at least 4 members (excludes halogenated alkanes) is 18. The molecule has 7 nitrogen and oxygen atoms in total. The van der Waals surface area contributed by atoms with E-state index in [4.69, 9.17) is 0 Å². The van der Waals surface area contributed by atoms with Gasteiger partial charge >= 0.3 is 0 Å². The summed E-state index contributed by atoms with van der Waals surface area (Å²) in [6.45, 7) is 23.0. The number of hydrogen-bond acceptors (Lipinski definition) is 6. The van der Waals surface area contributed by atoms with Crippen LogP contribution in [0.1, 0.15) is 262 Å². The van der Waals surface area contributed by atoms with E-state index in [9.17, 15) is 32.8 Å². The quantitative estimate of drug-likeness (QED) is 0.0366. The Morgan fingerprint density at radius 3 is 0.790 bits per heavy atom. The summed E-state index contributed by atoms with van der Waals surface area (Å²) in [6.07, 6.45) is 45.5. The zero-order chi connectivity index (χ0) is 47.6. The second-order valence-corrected chi connectivity index (χ2v) is 29.4. The molecule has 0 amide bonds. The number of aliphatic carboxylic acids is 2. The highest BCUT2D eigenvalue weighted by Crippen LogP contribution is 2.62. The maximum atomic E-state index is 12.0. The fraction of sp³-hybridized carbons (Fsp3) is 0.962. The van der Waals surface area contributed by atoms with Crippen molar-refractivity contribution in [3.8, 4) is 0 Å². The molecular weight excluding hydrogens is 831 g/mol. The van der Waals surface area contributed by atoms with Gasteiger partial charge in [0.05, 0.1) is 55.3 Å². The highest BCUT2D eigenvalue weighted by atomic mass is 32.2. The zero-order valence-corrected chi connectivity index (χ0v) is 45.8. The van der Waals surface area contributed by atoms with Crippen LogP contribution >= 0.6 is 14.5 Å². The van der Waals surface area contributed by atoms with Crippen molar-refractivity contribution in [1.82, 2.24) is 0 Å². The minimum absolute atomic E-state index is 0.172. The minimum Gasteiger partial charge on any atom is -0.549 e. The standard InChI is InChI=1S/C20H38O7S.2C16H36P/c1-3-5-7-9-11-13-15-20(19(23)24,16-14-12-10-8-6-4-2)17(18(21)22)28(25,26)27;2*1-5-9-13-17(14-10-6-2,15-11-7-3)16-12-8-4/h17H,3-16H2,1-2H3,(H,21,22)(H,23,24)(H,25,26,27);2*5-16H2,1-4H3/q;2*+1/p-2. The Bertz CT molecular complexity index is 989. The van der Waals surface area contributed by atoms with Crippen LogP contribution in [0, 0.1) is 5.41 Å². The first kappa shape index (κ1) is 66.0. The molecule has 0 aliphatic rings. The summed E-state index contributed by atoms with van der Waals surface area (Å²) in [5, 5.41) is 21.0. The zero-order valence-electron chi connectivity index (χ0n) is 43.1. The van der Waals surface area contributed by atoms with Crippen LogP contribution in [0.15, 0.2) is 0 Å². The first-order valence-electron chi connectivity index (χ1n) is 26.7. The van der Waals surface area contributed by atoms with Crippen molar-refractivity contribution in [2.75, 3.05) is 49.3 Å². The van der Waals surface area contributed by atoms with E-state index < -0.39 is 47.2 Å². The highest BCUT2D eigenvalue weighted by molar-refractivity contribution is 7.87. The van der Waals surface area contributed by atoms with Crippen LogP contribution in [0.5, 0.6) is 0 Å². The average molecular weight is 939 g/mol. The Morgan fingerprint density at radius 1 is 0.403 bits per heavy atom. The number of hydrogen-bond donors (Lipinski definition) is 1. The lowest BCUT2D eigenvalue weighted by atomic mass is 9.74. The van der Waals surface area contributed by atoms with Gasteiger partial charge in [-0.1, -0.05) is 198 Å². The van der Waals surface area contributed by atoms with E-state index in [1.807, 2.05) is 0 Å². The largest absolute Gasteiger partial charge is 0.549 e.